The fourth-order valence-electron chi connectivity index (χ4n) is 2.71. The molecule has 3 N–H and O–H groups in total. The van der Waals surface area contributed by atoms with Crippen molar-refractivity contribution in [1.29, 1.82) is 0 Å². The largest absolute Gasteiger partial charge is 0.478 e. The van der Waals surface area contributed by atoms with Crippen LogP contribution in [0.1, 0.15) is 20.7 Å². The van der Waals surface area contributed by atoms with E-state index in [9.17, 15) is 22.8 Å². The molecule has 0 aliphatic heterocycles. The topological polar surface area (TPSA) is 146 Å². The summed E-state index contributed by atoms with van der Waals surface area (Å²) in [6, 6.07) is 11.8. The number of carbonyl (C=O) groups excluding carboxylic acids is 2. The molecule has 0 radical (unpaired) electrons. The van der Waals surface area contributed by atoms with Gasteiger partial charge in [0.2, 0.25) is 15.9 Å². The van der Waals surface area contributed by atoms with Crippen LogP contribution in [0.25, 0.3) is 11.3 Å². The maximum Gasteiger partial charge on any atom is 0.335 e. The lowest BCUT2D eigenvalue weighted by Gasteiger charge is -2.12. The number of nitrogens with zero attached hydrogens (tertiary/aromatic N) is 2. The van der Waals surface area contributed by atoms with Gasteiger partial charge in [0.1, 0.15) is 0 Å². The third-order valence-corrected chi connectivity index (χ3v) is 7.01. The van der Waals surface area contributed by atoms with Crippen LogP contribution in [0.15, 0.2) is 58.8 Å². The number of amides is 2. The predicted molar refractivity (Wildman–Crippen MR) is 123 cm³/mol. The maximum atomic E-state index is 12.4. The number of benzene rings is 2. The Morgan fingerprint density at radius 3 is 2.45 bits per heavy atom. The average molecular weight is 489 g/mol. The van der Waals surface area contributed by atoms with Gasteiger partial charge in [-0.1, -0.05) is 18.2 Å². The van der Waals surface area contributed by atoms with Crippen molar-refractivity contribution in [3.05, 3.63) is 65.0 Å². The van der Waals surface area contributed by atoms with Gasteiger partial charge in [-0.2, -0.15) is 0 Å². The quantitative estimate of drug-likeness (QED) is 0.440. The Morgan fingerprint density at radius 1 is 1.06 bits per heavy atom. The number of aromatic nitrogens is 1. The minimum atomic E-state index is -3.70. The number of hydrogen-bond acceptors (Lipinski definition) is 7. The third kappa shape index (κ3) is 5.80. The molecule has 1 heterocycles. The van der Waals surface area contributed by atoms with Crippen LogP contribution in [0.4, 0.5) is 5.13 Å². The van der Waals surface area contributed by atoms with Gasteiger partial charge in [0.15, 0.2) is 5.13 Å². The number of aromatic carboxylic acids is 1. The first kappa shape index (κ1) is 24.0. The van der Waals surface area contributed by atoms with E-state index in [0.29, 0.717) is 11.3 Å². The van der Waals surface area contributed by atoms with E-state index in [4.69, 9.17) is 5.11 Å². The van der Waals surface area contributed by atoms with E-state index in [-0.39, 0.29) is 27.7 Å². The highest BCUT2D eigenvalue weighted by Crippen LogP contribution is 2.25. The molecule has 2 amide bonds. The van der Waals surface area contributed by atoms with Crippen LogP contribution in [-0.2, 0) is 14.8 Å². The van der Waals surface area contributed by atoms with Gasteiger partial charge in [-0.25, -0.2) is 22.5 Å². The summed E-state index contributed by atoms with van der Waals surface area (Å²) in [4.78, 5) is 39.9. The molecule has 0 spiro atoms. The van der Waals surface area contributed by atoms with Crippen LogP contribution in [0.3, 0.4) is 0 Å². The lowest BCUT2D eigenvalue weighted by Crippen LogP contribution is -2.33. The molecule has 0 fully saturated rings. The standard InChI is InChI=1S/C21H20N4O6S2/c1-25(2)33(30,31)16-8-4-6-14(10-16)19(27)22-11-18(26)24-21-23-17(12-32-21)13-5-3-7-15(9-13)20(28)29/h3-10,12H,11H2,1-2H3,(H,22,27)(H,28,29)(H,23,24,26). The van der Waals surface area contributed by atoms with Crippen LogP contribution < -0.4 is 10.6 Å². The second-order valence-electron chi connectivity index (χ2n) is 6.97. The summed E-state index contributed by atoms with van der Waals surface area (Å²) in [5, 5.41) is 16.1. The van der Waals surface area contributed by atoms with Crippen LogP contribution in [-0.4, -0.2) is 61.2 Å². The molecule has 0 aliphatic carbocycles. The smallest absolute Gasteiger partial charge is 0.335 e. The summed E-state index contributed by atoms with van der Waals surface area (Å²) >= 11 is 1.15. The highest BCUT2D eigenvalue weighted by Gasteiger charge is 2.19. The van der Waals surface area contributed by atoms with Gasteiger partial charge >= 0.3 is 5.97 Å². The van der Waals surface area contributed by atoms with Crippen LogP contribution in [0.5, 0.6) is 0 Å². The highest BCUT2D eigenvalue weighted by atomic mass is 32.2. The van der Waals surface area contributed by atoms with Gasteiger partial charge in [0, 0.05) is 30.6 Å². The molecule has 3 aromatic rings. The number of hydrogen-bond donors (Lipinski definition) is 3. The Labute approximate surface area is 193 Å². The van der Waals surface area contributed by atoms with Crippen LogP contribution in [0.2, 0.25) is 0 Å². The zero-order chi connectivity index (χ0) is 24.2. The van der Waals surface area contributed by atoms with E-state index >= 15 is 0 Å². The van der Waals surface area contributed by atoms with Crippen molar-refractivity contribution >= 4 is 44.3 Å². The molecule has 172 valence electrons. The fourth-order valence-corrected chi connectivity index (χ4v) is 4.39. The molecule has 0 saturated heterocycles. The number of rotatable bonds is 8. The van der Waals surface area contributed by atoms with Gasteiger partial charge in [0.05, 0.1) is 22.7 Å². The number of carboxylic acids is 1. The fraction of sp³-hybridized carbons (Fsp3) is 0.143. The molecular formula is C21H20N4O6S2. The normalized spacial score (nSPS) is 11.2. The van der Waals surface area contributed by atoms with E-state index in [1.54, 1.807) is 17.5 Å². The van der Waals surface area contributed by atoms with Crippen molar-refractivity contribution < 1.29 is 27.9 Å². The number of carbonyl (C=O) groups is 3. The number of anilines is 1. The number of carboxylic acid groups (broad SMARTS) is 1. The summed E-state index contributed by atoms with van der Waals surface area (Å²) in [6.45, 7) is -0.354. The summed E-state index contributed by atoms with van der Waals surface area (Å²) in [6.07, 6.45) is 0. The second-order valence-corrected chi connectivity index (χ2v) is 9.98. The summed E-state index contributed by atoms with van der Waals surface area (Å²) in [7, 11) is -0.922. The Morgan fingerprint density at radius 2 is 1.76 bits per heavy atom. The van der Waals surface area contributed by atoms with Gasteiger partial charge in [-0.3, -0.25) is 9.59 Å². The van der Waals surface area contributed by atoms with Gasteiger partial charge < -0.3 is 15.7 Å². The van der Waals surface area contributed by atoms with Crippen LogP contribution >= 0.6 is 11.3 Å². The highest BCUT2D eigenvalue weighted by molar-refractivity contribution is 7.89. The molecule has 10 nitrogen and oxygen atoms in total. The Bertz CT molecular complexity index is 1320. The average Bonchev–Trinajstić information content (AvgIpc) is 3.26. The number of nitrogens with one attached hydrogen (secondary N) is 2. The van der Waals surface area contributed by atoms with Gasteiger partial charge in [-0.05, 0) is 30.3 Å². The molecule has 0 unspecified atom stereocenters. The second kappa shape index (κ2) is 9.90. The molecular weight excluding hydrogens is 468 g/mol. The first-order valence-electron chi connectivity index (χ1n) is 9.48. The van der Waals surface area contributed by atoms with Gasteiger partial charge in [-0.15, -0.1) is 11.3 Å². The van der Waals surface area contributed by atoms with Crippen molar-refractivity contribution in [2.75, 3.05) is 26.0 Å². The lowest BCUT2D eigenvalue weighted by molar-refractivity contribution is -0.115. The van der Waals surface area contributed by atoms with E-state index in [2.05, 4.69) is 15.6 Å². The summed E-state index contributed by atoms with van der Waals surface area (Å²) < 4.78 is 25.5. The van der Waals surface area contributed by atoms with E-state index in [1.807, 2.05) is 0 Å². The van der Waals surface area contributed by atoms with Crippen molar-refractivity contribution in [3.8, 4) is 11.3 Å². The SMILES string of the molecule is CN(C)S(=O)(=O)c1cccc(C(=O)NCC(=O)Nc2nc(-c3cccc(C(=O)O)c3)cs2)c1. The first-order chi connectivity index (χ1) is 15.6. The minimum Gasteiger partial charge on any atom is -0.478 e. The minimum absolute atomic E-state index is 0.0353. The molecule has 3 rings (SSSR count). The Balaban J connectivity index is 1.61. The molecule has 0 aliphatic rings. The van der Waals surface area contributed by atoms with Crippen molar-refractivity contribution in [3.63, 3.8) is 0 Å². The molecule has 12 heteroatoms. The lowest BCUT2D eigenvalue weighted by atomic mass is 10.1. The van der Waals surface area contributed by atoms with E-state index < -0.39 is 27.8 Å². The predicted octanol–water partition coefficient (Wildman–Crippen LogP) is 2.13. The Hall–Kier alpha value is -3.61. The molecule has 0 atom stereocenters. The van der Waals surface area contributed by atoms with Crippen molar-refractivity contribution in [2.45, 2.75) is 4.90 Å². The molecule has 2 aromatic carbocycles. The van der Waals surface area contributed by atoms with E-state index in [1.165, 1.54) is 50.5 Å². The van der Waals surface area contributed by atoms with E-state index in [0.717, 1.165) is 15.6 Å². The maximum absolute atomic E-state index is 12.4. The third-order valence-electron chi connectivity index (χ3n) is 4.44. The first-order valence-corrected chi connectivity index (χ1v) is 11.8. The number of sulfonamides is 1. The summed E-state index contributed by atoms with van der Waals surface area (Å²) in [5.41, 5.74) is 1.31. The molecule has 0 saturated carbocycles. The van der Waals surface area contributed by atoms with Crippen LogP contribution in [0, 0.1) is 0 Å². The Kier molecular flexibility index (Phi) is 7.21. The molecule has 33 heavy (non-hydrogen) atoms. The molecule has 0 bridgehead atoms. The monoisotopic (exact) mass is 488 g/mol. The molecule has 1 aromatic heterocycles. The zero-order valence-corrected chi connectivity index (χ0v) is 19.2. The van der Waals surface area contributed by atoms with Crippen molar-refractivity contribution in [2.24, 2.45) is 0 Å². The zero-order valence-electron chi connectivity index (χ0n) is 17.6. The summed E-state index contributed by atoms with van der Waals surface area (Å²) in [5.74, 6) is -2.19. The van der Waals surface area contributed by atoms with Crippen molar-refractivity contribution in [1.82, 2.24) is 14.6 Å². The van der Waals surface area contributed by atoms with Gasteiger partial charge in [0.25, 0.3) is 5.91 Å². The number of thiazole rings is 1.